The average molecular weight is 451 g/mol. The Bertz CT molecular complexity index is 1270. The van der Waals surface area contributed by atoms with Crippen LogP contribution < -0.4 is 4.90 Å². The van der Waals surface area contributed by atoms with E-state index in [-0.39, 0.29) is 12.1 Å². The number of anilines is 1. The highest BCUT2D eigenvalue weighted by Gasteiger charge is 2.27. The molecule has 4 aromatic heterocycles. The van der Waals surface area contributed by atoms with Crippen LogP contribution in [0.3, 0.4) is 0 Å². The number of pyridine rings is 1. The van der Waals surface area contributed by atoms with Crippen LogP contribution in [-0.4, -0.2) is 74.9 Å². The van der Waals surface area contributed by atoms with Crippen LogP contribution >= 0.6 is 11.3 Å². The van der Waals surface area contributed by atoms with Gasteiger partial charge in [0, 0.05) is 55.1 Å². The number of ether oxygens (including phenoxy) is 1. The second-order valence-electron chi connectivity index (χ2n) is 8.70. The zero-order valence-electron chi connectivity index (χ0n) is 18.0. The third kappa shape index (κ3) is 3.45. The van der Waals surface area contributed by atoms with Crippen molar-refractivity contribution in [2.45, 2.75) is 32.0 Å². The molecule has 0 spiro atoms. The SMILES string of the molecule is C[C@@H]1COCCN1c1nc(-c2ccnc3[nH]ccc23)nc2c(CN3CC[C@H](O)C3)csc12. The van der Waals surface area contributed by atoms with Crippen molar-refractivity contribution >= 4 is 38.4 Å². The normalized spacial score (nSPS) is 22.4. The molecular formula is C23H26N6O2S. The van der Waals surface area contributed by atoms with Crippen molar-refractivity contribution in [3.63, 3.8) is 0 Å². The molecule has 2 aliphatic heterocycles. The van der Waals surface area contributed by atoms with Crippen LogP contribution in [0.5, 0.6) is 0 Å². The fourth-order valence-corrected chi connectivity index (χ4v) is 5.78. The first-order valence-electron chi connectivity index (χ1n) is 11.1. The summed E-state index contributed by atoms with van der Waals surface area (Å²) in [5.41, 5.74) is 4.03. The molecule has 6 rings (SSSR count). The Labute approximate surface area is 189 Å². The average Bonchev–Trinajstić information content (AvgIpc) is 3.54. The number of morpholine rings is 1. The van der Waals surface area contributed by atoms with Crippen LogP contribution in [0.25, 0.3) is 32.6 Å². The van der Waals surface area contributed by atoms with Crippen LogP contribution in [0, 0.1) is 0 Å². The maximum absolute atomic E-state index is 9.97. The third-order valence-electron chi connectivity index (χ3n) is 6.45. The lowest BCUT2D eigenvalue weighted by atomic mass is 10.1. The number of hydrogen-bond donors (Lipinski definition) is 2. The van der Waals surface area contributed by atoms with Gasteiger partial charge in [0.25, 0.3) is 0 Å². The Morgan fingerprint density at radius 2 is 2.22 bits per heavy atom. The summed E-state index contributed by atoms with van der Waals surface area (Å²) in [6, 6.07) is 4.27. The molecule has 32 heavy (non-hydrogen) atoms. The zero-order valence-corrected chi connectivity index (χ0v) is 18.8. The Kier molecular flexibility index (Phi) is 5.06. The second-order valence-corrected chi connectivity index (χ2v) is 9.58. The Hall–Kier alpha value is -2.59. The number of fused-ring (bicyclic) bond motifs is 2. The first kappa shape index (κ1) is 20.0. The number of nitrogens with zero attached hydrogens (tertiary/aromatic N) is 5. The summed E-state index contributed by atoms with van der Waals surface area (Å²) in [6.07, 6.45) is 4.31. The Balaban J connectivity index is 1.51. The summed E-state index contributed by atoms with van der Waals surface area (Å²) in [4.78, 5) is 22.5. The zero-order chi connectivity index (χ0) is 21.7. The number of nitrogens with one attached hydrogen (secondary N) is 1. The molecule has 166 valence electrons. The van der Waals surface area contributed by atoms with Gasteiger partial charge < -0.3 is 19.7 Å². The maximum atomic E-state index is 9.97. The van der Waals surface area contributed by atoms with Crippen molar-refractivity contribution in [1.29, 1.82) is 0 Å². The minimum absolute atomic E-state index is 0.228. The van der Waals surface area contributed by atoms with E-state index < -0.39 is 0 Å². The van der Waals surface area contributed by atoms with Crippen LogP contribution in [0.15, 0.2) is 29.9 Å². The second kappa shape index (κ2) is 8.08. The molecule has 2 aliphatic rings. The van der Waals surface area contributed by atoms with Gasteiger partial charge in [0.15, 0.2) is 11.6 Å². The summed E-state index contributed by atoms with van der Waals surface area (Å²) in [6.45, 7) is 6.82. The minimum Gasteiger partial charge on any atom is -0.392 e. The smallest absolute Gasteiger partial charge is 0.163 e. The van der Waals surface area contributed by atoms with Crippen molar-refractivity contribution in [2.75, 3.05) is 37.7 Å². The van der Waals surface area contributed by atoms with Gasteiger partial charge in [-0.25, -0.2) is 15.0 Å². The highest BCUT2D eigenvalue weighted by molar-refractivity contribution is 7.18. The predicted molar refractivity (Wildman–Crippen MR) is 126 cm³/mol. The van der Waals surface area contributed by atoms with E-state index in [1.807, 2.05) is 18.3 Å². The topological polar surface area (TPSA) is 90.4 Å². The fraction of sp³-hybridized carbons (Fsp3) is 0.435. The van der Waals surface area contributed by atoms with Gasteiger partial charge in [-0.1, -0.05) is 0 Å². The van der Waals surface area contributed by atoms with E-state index in [0.29, 0.717) is 13.2 Å². The number of H-pyrrole nitrogens is 1. The van der Waals surface area contributed by atoms with Gasteiger partial charge in [0.05, 0.1) is 35.6 Å². The van der Waals surface area contributed by atoms with Crippen molar-refractivity contribution < 1.29 is 9.84 Å². The number of aromatic amines is 1. The Morgan fingerprint density at radius 1 is 1.28 bits per heavy atom. The summed E-state index contributed by atoms with van der Waals surface area (Å²) >= 11 is 1.71. The van der Waals surface area contributed by atoms with E-state index in [9.17, 15) is 5.11 Å². The lowest BCUT2D eigenvalue weighted by molar-refractivity contribution is 0.0987. The summed E-state index contributed by atoms with van der Waals surface area (Å²) in [7, 11) is 0. The summed E-state index contributed by atoms with van der Waals surface area (Å²) in [5, 5.41) is 13.2. The standard InChI is InChI=1S/C23H26N6O2S/c1-14-12-31-9-8-29(14)23-20-19(15(13-32-20)10-28-7-4-16(30)11-28)26-22(27-23)18-3-6-25-21-17(18)2-5-24-21/h2-3,5-6,13-14,16,30H,4,7-12H2,1H3,(H,24,25)/t14-,16+/m1/s1. The molecule has 0 bridgehead atoms. The number of aliphatic hydroxyl groups is 1. The number of aromatic nitrogens is 4. The number of likely N-dealkylation sites (tertiary alicyclic amines) is 1. The summed E-state index contributed by atoms with van der Waals surface area (Å²) in [5.74, 6) is 1.71. The van der Waals surface area contributed by atoms with Crippen LogP contribution in [0.4, 0.5) is 5.82 Å². The van der Waals surface area contributed by atoms with E-state index in [2.05, 4.69) is 32.1 Å². The van der Waals surface area contributed by atoms with E-state index in [1.54, 1.807) is 17.5 Å². The molecule has 2 fully saturated rings. The quantitative estimate of drug-likeness (QED) is 0.494. The van der Waals surface area contributed by atoms with Gasteiger partial charge in [-0.15, -0.1) is 11.3 Å². The molecular weight excluding hydrogens is 424 g/mol. The predicted octanol–water partition coefficient (Wildman–Crippen LogP) is 3.03. The molecule has 2 saturated heterocycles. The maximum Gasteiger partial charge on any atom is 0.163 e. The third-order valence-corrected chi connectivity index (χ3v) is 7.47. The van der Waals surface area contributed by atoms with Crippen LogP contribution in [-0.2, 0) is 11.3 Å². The summed E-state index contributed by atoms with van der Waals surface area (Å²) < 4.78 is 6.81. The van der Waals surface area contributed by atoms with Gasteiger partial charge in [-0.05, 0) is 30.9 Å². The van der Waals surface area contributed by atoms with Gasteiger partial charge in [0.2, 0.25) is 0 Å². The van der Waals surface area contributed by atoms with E-state index in [4.69, 9.17) is 14.7 Å². The fourth-order valence-electron chi connectivity index (χ4n) is 4.77. The van der Waals surface area contributed by atoms with Crippen molar-refractivity contribution in [2.24, 2.45) is 0 Å². The van der Waals surface area contributed by atoms with E-state index >= 15 is 0 Å². The highest BCUT2D eigenvalue weighted by atomic mass is 32.1. The van der Waals surface area contributed by atoms with E-state index in [1.165, 1.54) is 5.56 Å². The Morgan fingerprint density at radius 3 is 3.06 bits per heavy atom. The van der Waals surface area contributed by atoms with Gasteiger partial charge in [-0.2, -0.15) is 0 Å². The lowest BCUT2D eigenvalue weighted by Gasteiger charge is -2.34. The molecule has 0 saturated carbocycles. The van der Waals surface area contributed by atoms with E-state index in [0.717, 1.165) is 71.1 Å². The molecule has 2 N–H and O–H groups in total. The first-order valence-corrected chi connectivity index (χ1v) is 12.0. The number of rotatable bonds is 4. The number of aliphatic hydroxyl groups excluding tert-OH is 1. The molecule has 8 nitrogen and oxygen atoms in total. The molecule has 0 aromatic carbocycles. The minimum atomic E-state index is -0.228. The molecule has 0 aliphatic carbocycles. The molecule has 4 aromatic rings. The van der Waals surface area contributed by atoms with Gasteiger partial charge in [-0.3, -0.25) is 4.90 Å². The van der Waals surface area contributed by atoms with Crippen LogP contribution in [0.1, 0.15) is 18.9 Å². The number of thiophene rings is 1. The molecule has 0 radical (unpaired) electrons. The highest BCUT2D eigenvalue weighted by Crippen LogP contribution is 2.37. The number of hydrogen-bond acceptors (Lipinski definition) is 8. The molecule has 9 heteroatoms. The molecule has 6 heterocycles. The first-order chi connectivity index (χ1) is 15.7. The van der Waals surface area contributed by atoms with Crippen molar-refractivity contribution in [3.05, 3.63) is 35.5 Å². The largest absolute Gasteiger partial charge is 0.392 e. The van der Waals surface area contributed by atoms with Crippen molar-refractivity contribution in [1.82, 2.24) is 24.8 Å². The number of β-amino-alcohol motifs (C(OH)–C–C–N with tert-alkyl or cyclic N) is 1. The van der Waals surface area contributed by atoms with Crippen molar-refractivity contribution in [3.8, 4) is 11.4 Å². The van der Waals surface area contributed by atoms with Crippen LogP contribution in [0.2, 0.25) is 0 Å². The lowest BCUT2D eigenvalue weighted by Crippen LogP contribution is -2.44. The molecule has 0 unspecified atom stereocenters. The van der Waals surface area contributed by atoms with Gasteiger partial charge in [0.1, 0.15) is 5.65 Å². The monoisotopic (exact) mass is 450 g/mol. The van der Waals surface area contributed by atoms with Gasteiger partial charge >= 0.3 is 0 Å². The molecule has 2 atom stereocenters. The molecule has 0 amide bonds.